The third kappa shape index (κ3) is 4.26. The Hall–Kier alpha value is -2.64. The van der Waals surface area contributed by atoms with Crippen LogP contribution in [0.3, 0.4) is 0 Å². The molecular formula is C20H20ClN5OS. The van der Waals surface area contributed by atoms with E-state index in [1.165, 1.54) is 11.3 Å². The van der Waals surface area contributed by atoms with Gasteiger partial charge >= 0.3 is 0 Å². The van der Waals surface area contributed by atoms with Crippen LogP contribution in [-0.2, 0) is 0 Å². The molecule has 1 amide bonds. The number of pyridine rings is 1. The highest BCUT2D eigenvalue weighted by Gasteiger charge is 2.24. The number of aryl methyl sites for hydroxylation is 1. The van der Waals surface area contributed by atoms with E-state index in [9.17, 15) is 4.79 Å². The molecule has 0 spiro atoms. The Bertz CT molecular complexity index is 984. The normalized spacial score (nSPS) is 14.2. The lowest BCUT2D eigenvalue weighted by molar-refractivity contribution is 0.0742. The molecule has 1 aliphatic heterocycles. The minimum absolute atomic E-state index is 0.0350. The van der Waals surface area contributed by atoms with Crippen LogP contribution in [0.15, 0.2) is 47.8 Å². The van der Waals surface area contributed by atoms with Crippen molar-refractivity contribution in [1.82, 2.24) is 14.9 Å². The molecule has 1 fully saturated rings. The Morgan fingerprint density at radius 3 is 2.64 bits per heavy atom. The van der Waals surface area contributed by atoms with Crippen molar-refractivity contribution in [3.05, 3.63) is 64.3 Å². The Morgan fingerprint density at radius 1 is 1.11 bits per heavy atom. The number of halogens is 1. The topological polar surface area (TPSA) is 61.4 Å². The van der Waals surface area contributed by atoms with Crippen molar-refractivity contribution in [2.24, 2.45) is 0 Å². The minimum atomic E-state index is -0.0350. The Balaban J connectivity index is 1.37. The summed E-state index contributed by atoms with van der Waals surface area (Å²) in [4.78, 5) is 25.7. The Morgan fingerprint density at radius 2 is 1.89 bits per heavy atom. The molecule has 0 bridgehead atoms. The first kappa shape index (κ1) is 18.7. The average Bonchev–Trinajstić information content (AvgIpc) is 3.16. The van der Waals surface area contributed by atoms with Crippen LogP contribution in [-0.4, -0.2) is 47.0 Å². The second-order valence-electron chi connectivity index (χ2n) is 6.59. The molecule has 0 saturated carbocycles. The summed E-state index contributed by atoms with van der Waals surface area (Å²) >= 11 is 7.49. The molecule has 1 aliphatic rings. The van der Waals surface area contributed by atoms with Gasteiger partial charge in [-0.25, -0.2) is 9.97 Å². The number of nitrogens with zero attached hydrogens (tertiary/aromatic N) is 4. The number of aromatic nitrogens is 2. The number of nitrogens with one attached hydrogen (secondary N) is 1. The third-order valence-corrected chi connectivity index (χ3v) is 5.58. The molecule has 144 valence electrons. The maximum absolute atomic E-state index is 12.8. The summed E-state index contributed by atoms with van der Waals surface area (Å²) in [5.74, 6) is 0.690. The minimum Gasteiger partial charge on any atom is -0.368 e. The van der Waals surface area contributed by atoms with Gasteiger partial charge in [0.25, 0.3) is 5.91 Å². The summed E-state index contributed by atoms with van der Waals surface area (Å²) in [6.45, 7) is 4.80. The number of carbonyl (C=O) groups excluding carboxylic acids is 1. The molecule has 4 rings (SSSR count). The second kappa shape index (κ2) is 8.16. The number of amides is 1. The molecule has 1 saturated heterocycles. The van der Waals surface area contributed by atoms with E-state index in [-0.39, 0.29) is 5.91 Å². The first-order chi connectivity index (χ1) is 13.6. The highest BCUT2D eigenvalue weighted by Crippen LogP contribution is 2.23. The Kier molecular flexibility index (Phi) is 5.45. The lowest BCUT2D eigenvalue weighted by atomic mass is 10.2. The van der Waals surface area contributed by atoms with Gasteiger partial charge in [-0.3, -0.25) is 4.79 Å². The molecule has 3 heterocycles. The quantitative estimate of drug-likeness (QED) is 0.694. The maximum Gasteiger partial charge on any atom is 0.273 e. The van der Waals surface area contributed by atoms with E-state index in [4.69, 9.17) is 11.6 Å². The molecule has 0 radical (unpaired) electrons. The van der Waals surface area contributed by atoms with Crippen LogP contribution < -0.4 is 10.2 Å². The van der Waals surface area contributed by atoms with Gasteiger partial charge in [-0.15, -0.1) is 11.3 Å². The Labute approximate surface area is 172 Å². The molecule has 1 aromatic carbocycles. The zero-order chi connectivity index (χ0) is 19.5. The fourth-order valence-electron chi connectivity index (χ4n) is 3.15. The molecular weight excluding hydrogens is 394 g/mol. The van der Waals surface area contributed by atoms with Crippen molar-refractivity contribution in [2.75, 3.05) is 36.4 Å². The van der Waals surface area contributed by atoms with Gasteiger partial charge in [0.15, 0.2) is 5.13 Å². The van der Waals surface area contributed by atoms with Gasteiger partial charge in [0, 0.05) is 48.0 Å². The van der Waals surface area contributed by atoms with Crippen LogP contribution in [0.25, 0.3) is 0 Å². The smallest absolute Gasteiger partial charge is 0.273 e. The summed E-state index contributed by atoms with van der Waals surface area (Å²) in [5, 5.41) is 6.35. The standard InChI is InChI=1S/C20H20ClN5OS/c1-14-4-2-7-18(22-14)24-20-23-17(13-28-20)19(27)26-10-8-25(9-11-26)16-6-3-5-15(21)12-16/h2-7,12-13H,8-11H2,1H3,(H,22,23,24). The van der Waals surface area contributed by atoms with E-state index < -0.39 is 0 Å². The third-order valence-electron chi connectivity index (χ3n) is 4.59. The van der Waals surface area contributed by atoms with Crippen molar-refractivity contribution in [3.63, 3.8) is 0 Å². The molecule has 0 aliphatic carbocycles. The van der Waals surface area contributed by atoms with E-state index in [1.54, 1.807) is 5.38 Å². The number of anilines is 3. The number of carbonyl (C=O) groups is 1. The van der Waals surface area contributed by atoms with Crippen molar-refractivity contribution >= 4 is 45.5 Å². The summed E-state index contributed by atoms with van der Waals surface area (Å²) in [5.41, 5.74) is 2.48. The van der Waals surface area contributed by atoms with Crippen molar-refractivity contribution in [2.45, 2.75) is 6.92 Å². The van der Waals surface area contributed by atoms with E-state index in [2.05, 4.69) is 20.2 Å². The lowest BCUT2D eigenvalue weighted by Gasteiger charge is -2.35. The second-order valence-corrected chi connectivity index (χ2v) is 7.88. The van der Waals surface area contributed by atoms with Crippen molar-refractivity contribution in [1.29, 1.82) is 0 Å². The number of rotatable bonds is 4. The predicted octanol–water partition coefficient (Wildman–Crippen LogP) is 4.21. The number of thiazole rings is 1. The molecule has 1 N–H and O–H groups in total. The van der Waals surface area contributed by atoms with Crippen LogP contribution >= 0.6 is 22.9 Å². The van der Waals surface area contributed by atoms with Crippen LogP contribution in [0.5, 0.6) is 0 Å². The average molecular weight is 414 g/mol. The number of benzene rings is 1. The maximum atomic E-state index is 12.8. The molecule has 8 heteroatoms. The van der Waals surface area contributed by atoms with Gasteiger partial charge in [0.1, 0.15) is 11.5 Å². The molecule has 2 aromatic heterocycles. The first-order valence-corrected chi connectivity index (χ1v) is 10.3. The molecule has 0 atom stereocenters. The van der Waals surface area contributed by atoms with Crippen LogP contribution in [0, 0.1) is 6.92 Å². The number of piperazine rings is 1. The summed E-state index contributed by atoms with van der Waals surface area (Å²) in [6.07, 6.45) is 0. The van der Waals surface area contributed by atoms with Crippen molar-refractivity contribution < 1.29 is 4.79 Å². The van der Waals surface area contributed by atoms with Gasteiger partial charge in [0.2, 0.25) is 0 Å². The monoisotopic (exact) mass is 413 g/mol. The zero-order valence-electron chi connectivity index (χ0n) is 15.4. The molecule has 28 heavy (non-hydrogen) atoms. The van der Waals surface area contributed by atoms with Gasteiger partial charge < -0.3 is 15.1 Å². The first-order valence-electron chi connectivity index (χ1n) is 9.04. The highest BCUT2D eigenvalue weighted by molar-refractivity contribution is 7.14. The van der Waals surface area contributed by atoms with Crippen LogP contribution in [0.1, 0.15) is 16.2 Å². The van der Waals surface area contributed by atoms with Gasteiger partial charge in [-0.05, 0) is 37.3 Å². The lowest BCUT2D eigenvalue weighted by Crippen LogP contribution is -2.48. The zero-order valence-corrected chi connectivity index (χ0v) is 17.0. The van der Waals surface area contributed by atoms with Gasteiger partial charge in [-0.1, -0.05) is 23.7 Å². The van der Waals surface area contributed by atoms with Crippen molar-refractivity contribution in [3.8, 4) is 0 Å². The van der Waals surface area contributed by atoms with Gasteiger partial charge in [-0.2, -0.15) is 0 Å². The fourth-order valence-corrected chi connectivity index (χ4v) is 4.03. The fraction of sp³-hybridized carbons (Fsp3) is 0.250. The van der Waals surface area contributed by atoms with E-state index in [1.807, 2.05) is 54.3 Å². The highest BCUT2D eigenvalue weighted by atomic mass is 35.5. The van der Waals surface area contributed by atoms with Crippen LogP contribution in [0.4, 0.5) is 16.6 Å². The van der Waals surface area contributed by atoms with E-state index >= 15 is 0 Å². The largest absolute Gasteiger partial charge is 0.368 e. The summed E-state index contributed by atoms with van der Waals surface area (Å²) in [6, 6.07) is 13.6. The number of hydrogen-bond donors (Lipinski definition) is 1. The van der Waals surface area contributed by atoms with Gasteiger partial charge in [0.05, 0.1) is 0 Å². The molecule has 0 unspecified atom stereocenters. The van der Waals surface area contributed by atoms with Crippen LogP contribution in [0.2, 0.25) is 5.02 Å². The predicted molar refractivity (Wildman–Crippen MR) is 114 cm³/mol. The number of hydrogen-bond acceptors (Lipinski definition) is 6. The van der Waals surface area contributed by atoms with E-state index in [0.29, 0.717) is 23.9 Å². The molecule has 6 nitrogen and oxygen atoms in total. The summed E-state index contributed by atoms with van der Waals surface area (Å²) in [7, 11) is 0. The molecule has 3 aromatic rings. The summed E-state index contributed by atoms with van der Waals surface area (Å²) < 4.78 is 0. The SMILES string of the molecule is Cc1cccc(Nc2nc(C(=O)N3CCN(c4cccc(Cl)c4)CC3)cs2)n1. The van der Waals surface area contributed by atoms with E-state index in [0.717, 1.165) is 35.3 Å².